The van der Waals surface area contributed by atoms with E-state index < -0.39 is 5.91 Å². The number of rotatable bonds is 6. The fourth-order valence-corrected chi connectivity index (χ4v) is 4.02. The number of anilines is 1. The van der Waals surface area contributed by atoms with E-state index in [1.165, 1.54) is 4.90 Å². The standard InChI is InChI=1S/C26H22N4O3/c1-15(25(29)32)13-30-14-21-20(7-8-22(28)24(21)26(30)33)18-6-9-23(31)19(11-18)10-16-2-4-17(12-27)5-3-16/h2-9,11,31H,1,10,13-14,28H2,(H2,29,32). The zero-order valence-corrected chi connectivity index (χ0v) is 17.8. The Hall–Kier alpha value is -4.57. The Kier molecular flexibility index (Phi) is 5.59. The summed E-state index contributed by atoms with van der Waals surface area (Å²) in [4.78, 5) is 25.9. The van der Waals surface area contributed by atoms with Crippen molar-refractivity contribution in [2.24, 2.45) is 5.73 Å². The van der Waals surface area contributed by atoms with Crippen LogP contribution in [0.15, 0.2) is 66.7 Å². The third-order valence-electron chi connectivity index (χ3n) is 5.79. The topological polar surface area (TPSA) is 133 Å². The summed E-state index contributed by atoms with van der Waals surface area (Å²) in [5, 5.41) is 19.4. The highest BCUT2D eigenvalue weighted by Gasteiger charge is 2.32. The number of carbonyl (C=O) groups is 2. The first-order valence-electron chi connectivity index (χ1n) is 10.3. The summed E-state index contributed by atoms with van der Waals surface area (Å²) < 4.78 is 0. The van der Waals surface area contributed by atoms with Gasteiger partial charge in [-0.3, -0.25) is 9.59 Å². The van der Waals surface area contributed by atoms with Gasteiger partial charge in [0.2, 0.25) is 5.91 Å². The molecular weight excluding hydrogens is 416 g/mol. The van der Waals surface area contributed by atoms with Crippen LogP contribution in [0.5, 0.6) is 5.75 Å². The van der Waals surface area contributed by atoms with Crippen LogP contribution in [0, 0.1) is 11.3 Å². The van der Waals surface area contributed by atoms with Crippen molar-refractivity contribution >= 4 is 17.5 Å². The predicted octanol–water partition coefficient (Wildman–Crippen LogP) is 3.10. The van der Waals surface area contributed by atoms with Crippen molar-refractivity contribution in [3.05, 3.63) is 94.6 Å². The van der Waals surface area contributed by atoms with Crippen molar-refractivity contribution in [1.82, 2.24) is 4.90 Å². The molecule has 164 valence electrons. The van der Waals surface area contributed by atoms with E-state index in [9.17, 15) is 14.7 Å². The normalized spacial score (nSPS) is 12.3. The van der Waals surface area contributed by atoms with Crippen LogP contribution in [-0.4, -0.2) is 28.4 Å². The number of aromatic hydroxyl groups is 1. The van der Waals surface area contributed by atoms with Gasteiger partial charge < -0.3 is 21.5 Å². The van der Waals surface area contributed by atoms with Gasteiger partial charge in [0, 0.05) is 24.2 Å². The largest absolute Gasteiger partial charge is 0.508 e. The molecule has 7 nitrogen and oxygen atoms in total. The Morgan fingerprint density at radius 3 is 2.55 bits per heavy atom. The van der Waals surface area contributed by atoms with Gasteiger partial charge in [-0.15, -0.1) is 0 Å². The first kappa shape index (κ1) is 21.7. The molecule has 0 bridgehead atoms. The Balaban J connectivity index is 1.69. The van der Waals surface area contributed by atoms with Crippen LogP contribution in [-0.2, 0) is 17.8 Å². The predicted molar refractivity (Wildman–Crippen MR) is 125 cm³/mol. The van der Waals surface area contributed by atoms with Gasteiger partial charge in [0.05, 0.1) is 23.7 Å². The number of nitrogen functional groups attached to an aromatic ring is 1. The number of nitrogens with zero attached hydrogens (tertiary/aromatic N) is 2. The smallest absolute Gasteiger partial charge is 0.256 e. The van der Waals surface area contributed by atoms with Crippen LogP contribution in [0.1, 0.15) is 32.6 Å². The monoisotopic (exact) mass is 438 g/mol. The summed E-state index contributed by atoms with van der Waals surface area (Å²) in [6.07, 6.45) is 0.478. The van der Waals surface area contributed by atoms with Gasteiger partial charge in [-0.05, 0) is 58.1 Å². The van der Waals surface area contributed by atoms with E-state index >= 15 is 0 Å². The molecule has 0 aromatic heterocycles. The number of amides is 2. The lowest BCUT2D eigenvalue weighted by Crippen LogP contribution is -2.30. The SMILES string of the molecule is C=C(CN1Cc2c(-c3ccc(O)c(Cc4ccc(C#N)cc4)c3)ccc(N)c2C1=O)C(N)=O. The Labute approximate surface area is 191 Å². The molecule has 2 amide bonds. The third-order valence-corrected chi connectivity index (χ3v) is 5.79. The highest BCUT2D eigenvalue weighted by Crippen LogP contribution is 2.37. The number of nitrogens with two attached hydrogens (primary N) is 2. The summed E-state index contributed by atoms with van der Waals surface area (Å²) in [7, 11) is 0. The lowest BCUT2D eigenvalue weighted by molar-refractivity contribution is -0.114. The fraction of sp³-hybridized carbons (Fsp3) is 0.115. The summed E-state index contributed by atoms with van der Waals surface area (Å²) in [6, 6.07) is 18.1. The van der Waals surface area contributed by atoms with Crippen LogP contribution in [0.3, 0.4) is 0 Å². The molecule has 3 aromatic carbocycles. The van der Waals surface area contributed by atoms with E-state index in [0.717, 1.165) is 22.3 Å². The zero-order chi connectivity index (χ0) is 23.7. The first-order valence-corrected chi connectivity index (χ1v) is 10.3. The Morgan fingerprint density at radius 2 is 1.88 bits per heavy atom. The zero-order valence-electron chi connectivity index (χ0n) is 17.8. The number of benzene rings is 3. The van der Waals surface area contributed by atoms with E-state index in [1.54, 1.807) is 30.3 Å². The number of hydrogen-bond donors (Lipinski definition) is 3. The van der Waals surface area contributed by atoms with Gasteiger partial charge in [0.1, 0.15) is 5.75 Å². The van der Waals surface area contributed by atoms with E-state index in [0.29, 0.717) is 28.8 Å². The fourth-order valence-electron chi connectivity index (χ4n) is 4.02. The number of hydrogen-bond acceptors (Lipinski definition) is 5. The van der Waals surface area contributed by atoms with Crippen molar-refractivity contribution in [3.8, 4) is 22.9 Å². The minimum absolute atomic E-state index is 0.0290. The second kappa shape index (κ2) is 8.52. The molecule has 0 fully saturated rings. The Bertz CT molecular complexity index is 1340. The highest BCUT2D eigenvalue weighted by molar-refractivity contribution is 6.06. The number of carbonyl (C=O) groups excluding carboxylic acids is 2. The van der Waals surface area contributed by atoms with Crippen molar-refractivity contribution in [3.63, 3.8) is 0 Å². The van der Waals surface area contributed by atoms with E-state index in [-0.39, 0.29) is 30.3 Å². The van der Waals surface area contributed by atoms with E-state index in [4.69, 9.17) is 16.7 Å². The summed E-state index contributed by atoms with van der Waals surface area (Å²) >= 11 is 0. The molecule has 1 aliphatic rings. The molecule has 0 unspecified atom stereocenters. The molecule has 0 radical (unpaired) electrons. The van der Waals surface area contributed by atoms with Crippen LogP contribution < -0.4 is 11.5 Å². The molecule has 1 heterocycles. The molecule has 0 aliphatic carbocycles. The van der Waals surface area contributed by atoms with Crippen molar-refractivity contribution in [1.29, 1.82) is 5.26 Å². The summed E-state index contributed by atoms with van der Waals surface area (Å²) in [6.45, 7) is 3.94. The van der Waals surface area contributed by atoms with Crippen LogP contribution in [0.2, 0.25) is 0 Å². The van der Waals surface area contributed by atoms with Gasteiger partial charge in [0.25, 0.3) is 5.91 Å². The third kappa shape index (κ3) is 4.14. The molecule has 0 saturated carbocycles. The molecule has 5 N–H and O–H groups in total. The van der Waals surface area contributed by atoms with Gasteiger partial charge in [0.15, 0.2) is 0 Å². The molecule has 1 aliphatic heterocycles. The van der Waals surface area contributed by atoms with E-state index in [1.807, 2.05) is 24.3 Å². The lowest BCUT2D eigenvalue weighted by atomic mass is 9.93. The maximum absolute atomic E-state index is 13.0. The maximum Gasteiger partial charge on any atom is 0.256 e. The second-order valence-electron chi connectivity index (χ2n) is 8.01. The molecular formula is C26H22N4O3. The van der Waals surface area contributed by atoms with Crippen LogP contribution in [0.4, 0.5) is 5.69 Å². The summed E-state index contributed by atoms with van der Waals surface area (Å²) in [5.41, 5.74) is 17.0. The lowest BCUT2D eigenvalue weighted by Gasteiger charge is -2.16. The van der Waals surface area contributed by atoms with Gasteiger partial charge in [-0.25, -0.2) is 0 Å². The molecule has 0 atom stereocenters. The van der Waals surface area contributed by atoms with Crippen LogP contribution >= 0.6 is 0 Å². The first-order chi connectivity index (χ1) is 15.8. The average Bonchev–Trinajstić information content (AvgIpc) is 3.13. The Morgan fingerprint density at radius 1 is 1.15 bits per heavy atom. The van der Waals surface area contributed by atoms with Crippen molar-refractivity contribution in [2.45, 2.75) is 13.0 Å². The molecule has 0 saturated heterocycles. The number of phenolic OH excluding ortho intramolecular Hbond substituents is 1. The molecule has 33 heavy (non-hydrogen) atoms. The second-order valence-corrected chi connectivity index (χ2v) is 8.01. The van der Waals surface area contributed by atoms with Crippen molar-refractivity contribution < 1.29 is 14.7 Å². The highest BCUT2D eigenvalue weighted by atomic mass is 16.3. The average molecular weight is 438 g/mol. The van der Waals surface area contributed by atoms with Crippen molar-refractivity contribution in [2.75, 3.05) is 12.3 Å². The molecule has 7 heteroatoms. The minimum atomic E-state index is -0.655. The quantitative estimate of drug-likeness (QED) is 0.402. The molecule has 4 rings (SSSR count). The minimum Gasteiger partial charge on any atom is -0.508 e. The number of nitriles is 1. The van der Waals surface area contributed by atoms with Gasteiger partial charge >= 0.3 is 0 Å². The number of phenols is 1. The van der Waals surface area contributed by atoms with E-state index in [2.05, 4.69) is 12.6 Å². The van der Waals surface area contributed by atoms with Gasteiger partial charge in [-0.1, -0.05) is 30.8 Å². The maximum atomic E-state index is 13.0. The molecule has 3 aromatic rings. The van der Waals surface area contributed by atoms with Crippen LogP contribution in [0.25, 0.3) is 11.1 Å². The summed E-state index contributed by atoms with van der Waals surface area (Å²) in [5.74, 6) is -0.771. The molecule has 0 spiro atoms. The number of primary amides is 1. The van der Waals surface area contributed by atoms with Gasteiger partial charge in [-0.2, -0.15) is 5.26 Å². The number of fused-ring (bicyclic) bond motifs is 1.